The smallest absolute Gasteiger partial charge is 0.243 e. The lowest BCUT2D eigenvalue weighted by Gasteiger charge is -2.18. The molecule has 0 aliphatic rings. The molecule has 0 saturated carbocycles. The summed E-state index contributed by atoms with van der Waals surface area (Å²) in [6, 6.07) is 14.7. The molecule has 156 valence electrons. The standard InChI is InChI=1S/C23H31N3O3/c1-16(2)15-29-20-12-7-6-11-19(20)24-14-21(27)25-17-9-8-10-18(13-17)26-22(28)23(3,4)5/h6-13,16,24H,14-15H2,1-5H3,(H,25,27)(H,26,28). The lowest BCUT2D eigenvalue weighted by molar-refractivity contribution is -0.123. The third-order valence-corrected chi connectivity index (χ3v) is 3.98. The van der Waals surface area contributed by atoms with Gasteiger partial charge in [-0.05, 0) is 36.2 Å². The number of benzene rings is 2. The molecular weight excluding hydrogens is 366 g/mol. The third-order valence-electron chi connectivity index (χ3n) is 3.98. The van der Waals surface area contributed by atoms with Gasteiger partial charge in [-0.15, -0.1) is 0 Å². The van der Waals surface area contributed by atoms with Crippen LogP contribution in [0.2, 0.25) is 0 Å². The number of hydrogen-bond donors (Lipinski definition) is 3. The second-order valence-corrected chi connectivity index (χ2v) is 8.39. The zero-order chi connectivity index (χ0) is 21.4. The molecular formula is C23H31N3O3. The Balaban J connectivity index is 1.93. The van der Waals surface area contributed by atoms with Crippen LogP contribution in [0, 0.1) is 11.3 Å². The number of rotatable bonds is 8. The SMILES string of the molecule is CC(C)COc1ccccc1NCC(=O)Nc1cccc(NC(=O)C(C)(C)C)c1. The maximum absolute atomic E-state index is 12.4. The van der Waals surface area contributed by atoms with Crippen molar-refractivity contribution in [1.29, 1.82) is 0 Å². The minimum atomic E-state index is -0.492. The minimum Gasteiger partial charge on any atom is -0.491 e. The van der Waals surface area contributed by atoms with E-state index in [1.165, 1.54) is 0 Å². The molecule has 0 bridgehead atoms. The van der Waals surface area contributed by atoms with E-state index in [4.69, 9.17) is 4.74 Å². The molecule has 0 aliphatic carbocycles. The van der Waals surface area contributed by atoms with Gasteiger partial charge in [-0.25, -0.2) is 0 Å². The Morgan fingerprint density at radius 1 is 0.966 bits per heavy atom. The van der Waals surface area contributed by atoms with E-state index < -0.39 is 5.41 Å². The summed E-state index contributed by atoms with van der Waals surface area (Å²) in [6.45, 7) is 10.4. The van der Waals surface area contributed by atoms with Gasteiger partial charge < -0.3 is 20.7 Å². The van der Waals surface area contributed by atoms with Gasteiger partial charge in [0.15, 0.2) is 0 Å². The largest absolute Gasteiger partial charge is 0.491 e. The molecule has 0 fully saturated rings. The zero-order valence-corrected chi connectivity index (χ0v) is 17.8. The van der Waals surface area contributed by atoms with Crippen molar-refractivity contribution < 1.29 is 14.3 Å². The van der Waals surface area contributed by atoms with Crippen molar-refractivity contribution in [2.75, 3.05) is 29.1 Å². The van der Waals surface area contributed by atoms with Gasteiger partial charge in [0.2, 0.25) is 11.8 Å². The molecule has 2 aromatic rings. The van der Waals surface area contributed by atoms with E-state index in [0.717, 1.165) is 11.4 Å². The Kier molecular flexibility index (Phi) is 7.65. The molecule has 0 unspecified atom stereocenters. The highest BCUT2D eigenvalue weighted by Gasteiger charge is 2.21. The Morgan fingerprint density at radius 3 is 2.28 bits per heavy atom. The number of carbonyl (C=O) groups excluding carboxylic acids is 2. The summed E-state index contributed by atoms with van der Waals surface area (Å²) < 4.78 is 5.79. The summed E-state index contributed by atoms with van der Waals surface area (Å²) in [5.41, 5.74) is 1.54. The molecule has 6 nitrogen and oxygen atoms in total. The molecule has 0 saturated heterocycles. The van der Waals surface area contributed by atoms with Crippen LogP contribution < -0.4 is 20.7 Å². The summed E-state index contributed by atoms with van der Waals surface area (Å²) >= 11 is 0. The lowest BCUT2D eigenvalue weighted by atomic mass is 9.95. The second-order valence-electron chi connectivity index (χ2n) is 8.39. The van der Waals surface area contributed by atoms with Crippen molar-refractivity contribution in [2.45, 2.75) is 34.6 Å². The lowest BCUT2D eigenvalue weighted by Crippen LogP contribution is -2.27. The number of anilines is 3. The number of hydrogen-bond acceptors (Lipinski definition) is 4. The normalized spacial score (nSPS) is 11.1. The highest BCUT2D eigenvalue weighted by molar-refractivity contribution is 5.97. The topological polar surface area (TPSA) is 79.5 Å². The molecule has 2 aromatic carbocycles. The number of amides is 2. The summed E-state index contributed by atoms with van der Waals surface area (Å²) in [4.78, 5) is 24.5. The molecule has 0 radical (unpaired) electrons. The predicted molar refractivity (Wildman–Crippen MR) is 118 cm³/mol. The fraction of sp³-hybridized carbons (Fsp3) is 0.391. The molecule has 2 rings (SSSR count). The number of ether oxygens (including phenoxy) is 1. The zero-order valence-electron chi connectivity index (χ0n) is 17.8. The Morgan fingerprint density at radius 2 is 1.62 bits per heavy atom. The van der Waals surface area contributed by atoms with Crippen LogP contribution in [0.4, 0.5) is 17.1 Å². The van der Waals surface area contributed by atoms with Crippen LogP contribution in [-0.4, -0.2) is 25.0 Å². The summed E-state index contributed by atoms with van der Waals surface area (Å²) in [5, 5.41) is 8.82. The Hall–Kier alpha value is -3.02. The Labute approximate surface area is 173 Å². The quantitative estimate of drug-likeness (QED) is 0.600. The molecule has 0 aliphatic heterocycles. The van der Waals surface area contributed by atoms with Crippen LogP contribution in [0.5, 0.6) is 5.75 Å². The minimum absolute atomic E-state index is 0.0827. The second kappa shape index (κ2) is 9.96. The van der Waals surface area contributed by atoms with E-state index in [-0.39, 0.29) is 18.4 Å². The van der Waals surface area contributed by atoms with Gasteiger partial charge in [-0.1, -0.05) is 52.8 Å². The van der Waals surface area contributed by atoms with Gasteiger partial charge >= 0.3 is 0 Å². The fourth-order valence-electron chi connectivity index (χ4n) is 2.37. The van der Waals surface area contributed by atoms with E-state index in [1.54, 1.807) is 24.3 Å². The van der Waals surface area contributed by atoms with Crippen molar-refractivity contribution >= 4 is 28.9 Å². The summed E-state index contributed by atoms with van der Waals surface area (Å²) in [7, 11) is 0. The maximum atomic E-state index is 12.4. The first kappa shape index (κ1) is 22.3. The van der Waals surface area contributed by atoms with Crippen molar-refractivity contribution in [2.24, 2.45) is 11.3 Å². The highest BCUT2D eigenvalue weighted by atomic mass is 16.5. The first-order valence-corrected chi connectivity index (χ1v) is 9.82. The van der Waals surface area contributed by atoms with Crippen molar-refractivity contribution in [3.8, 4) is 5.75 Å². The third kappa shape index (κ3) is 7.49. The van der Waals surface area contributed by atoms with Crippen LogP contribution in [0.25, 0.3) is 0 Å². The molecule has 0 aromatic heterocycles. The molecule has 6 heteroatoms. The fourth-order valence-corrected chi connectivity index (χ4v) is 2.37. The van der Waals surface area contributed by atoms with E-state index in [1.807, 2.05) is 45.0 Å². The first-order chi connectivity index (χ1) is 13.6. The predicted octanol–water partition coefficient (Wildman–Crippen LogP) is 4.76. The van der Waals surface area contributed by atoms with Gasteiger partial charge in [-0.2, -0.15) is 0 Å². The van der Waals surface area contributed by atoms with Gasteiger partial charge in [0.1, 0.15) is 5.75 Å². The van der Waals surface area contributed by atoms with E-state index >= 15 is 0 Å². The van der Waals surface area contributed by atoms with Gasteiger partial charge in [0, 0.05) is 16.8 Å². The van der Waals surface area contributed by atoms with Crippen LogP contribution >= 0.6 is 0 Å². The molecule has 2 amide bonds. The molecule has 29 heavy (non-hydrogen) atoms. The molecule has 0 spiro atoms. The van der Waals surface area contributed by atoms with Crippen LogP contribution in [-0.2, 0) is 9.59 Å². The van der Waals surface area contributed by atoms with Gasteiger partial charge in [-0.3, -0.25) is 9.59 Å². The average Bonchev–Trinajstić information content (AvgIpc) is 2.65. The van der Waals surface area contributed by atoms with Gasteiger partial charge in [0.05, 0.1) is 18.8 Å². The number of para-hydroxylation sites is 2. The van der Waals surface area contributed by atoms with E-state index in [9.17, 15) is 9.59 Å². The highest BCUT2D eigenvalue weighted by Crippen LogP contribution is 2.24. The summed E-state index contributed by atoms with van der Waals surface area (Å²) in [6.07, 6.45) is 0. The maximum Gasteiger partial charge on any atom is 0.243 e. The van der Waals surface area contributed by atoms with E-state index in [0.29, 0.717) is 23.9 Å². The number of nitrogens with one attached hydrogen (secondary N) is 3. The average molecular weight is 398 g/mol. The monoisotopic (exact) mass is 397 g/mol. The van der Waals surface area contributed by atoms with Crippen molar-refractivity contribution in [3.05, 3.63) is 48.5 Å². The van der Waals surface area contributed by atoms with Crippen molar-refractivity contribution in [1.82, 2.24) is 0 Å². The van der Waals surface area contributed by atoms with Crippen LogP contribution in [0.15, 0.2) is 48.5 Å². The van der Waals surface area contributed by atoms with Crippen molar-refractivity contribution in [3.63, 3.8) is 0 Å². The number of carbonyl (C=O) groups is 2. The van der Waals surface area contributed by atoms with Gasteiger partial charge in [0.25, 0.3) is 0 Å². The van der Waals surface area contributed by atoms with Crippen LogP contribution in [0.1, 0.15) is 34.6 Å². The first-order valence-electron chi connectivity index (χ1n) is 9.82. The molecule has 3 N–H and O–H groups in total. The summed E-state index contributed by atoms with van der Waals surface area (Å²) in [5.74, 6) is 0.863. The molecule has 0 heterocycles. The Bertz CT molecular complexity index is 841. The van der Waals surface area contributed by atoms with Crippen LogP contribution in [0.3, 0.4) is 0 Å². The molecule has 0 atom stereocenters. The van der Waals surface area contributed by atoms with E-state index in [2.05, 4.69) is 29.8 Å².